The van der Waals surface area contributed by atoms with Gasteiger partial charge in [0.2, 0.25) is 5.91 Å². The third-order valence-corrected chi connectivity index (χ3v) is 3.69. The van der Waals surface area contributed by atoms with Gasteiger partial charge in [0.1, 0.15) is 11.4 Å². The summed E-state index contributed by atoms with van der Waals surface area (Å²) in [7, 11) is 0. The van der Waals surface area contributed by atoms with Crippen molar-refractivity contribution in [3.05, 3.63) is 16.1 Å². The van der Waals surface area contributed by atoms with Gasteiger partial charge in [-0.2, -0.15) is 13.2 Å². The van der Waals surface area contributed by atoms with E-state index in [0.717, 1.165) is 5.01 Å². The zero-order chi connectivity index (χ0) is 16.3. The van der Waals surface area contributed by atoms with Crippen LogP contribution in [0.25, 0.3) is 0 Å². The molecule has 0 saturated carbocycles. The van der Waals surface area contributed by atoms with Gasteiger partial charge in [-0.1, -0.05) is 20.8 Å². The molecule has 0 atom stereocenters. The molecule has 2 amide bonds. The maximum Gasteiger partial charge on any atom is 0.405 e. The van der Waals surface area contributed by atoms with Crippen LogP contribution in [0.4, 0.5) is 13.2 Å². The lowest BCUT2D eigenvalue weighted by Gasteiger charge is -2.13. The van der Waals surface area contributed by atoms with Crippen LogP contribution in [-0.4, -0.2) is 36.1 Å². The van der Waals surface area contributed by atoms with Crippen LogP contribution in [-0.2, 0) is 10.2 Å². The normalized spacial score (nSPS) is 12.1. The molecule has 0 aromatic carbocycles. The van der Waals surface area contributed by atoms with Gasteiger partial charge in [-0.3, -0.25) is 9.59 Å². The third kappa shape index (κ3) is 6.11. The van der Waals surface area contributed by atoms with Gasteiger partial charge in [0.05, 0.1) is 17.7 Å². The van der Waals surface area contributed by atoms with Gasteiger partial charge in [-0.15, -0.1) is 11.3 Å². The fraction of sp³-hybridized carbons (Fsp3) is 0.583. The Labute approximate surface area is 123 Å². The number of carbonyl (C=O) groups is 2. The summed E-state index contributed by atoms with van der Waals surface area (Å²) in [5, 5.41) is 4.68. The number of hydrogen-bond acceptors (Lipinski definition) is 4. The van der Waals surface area contributed by atoms with Gasteiger partial charge in [0.15, 0.2) is 0 Å². The summed E-state index contributed by atoms with van der Waals surface area (Å²) in [6, 6.07) is 0. The van der Waals surface area contributed by atoms with Gasteiger partial charge in [-0.05, 0) is 0 Å². The molecule has 21 heavy (non-hydrogen) atoms. The van der Waals surface area contributed by atoms with E-state index in [2.05, 4.69) is 10.3 Å². The monoisotopic (exact) mass is 323 g/mol. The number of halogens is 3. The van der Waals surface area contributed by atoms with Crippen LogP contribution in [0.1, 0.15) is 35.5 Å². The second kappa shape index (κ2) is 6.42. The molecule has 1 rings (SSSR count). The lowest BCUT2D eigenvalue weighted by atomic mass is 9.98. The number of alkyl halides is 3. The molecular formula is C12H16F3N3O2S. The molecular weight excluding hydrogens is 307 g/mol. The van der Waals surface area contributed by atoms with Gasteiger partial charge in [0.25, 0.3) is 5.91 Å². The number of carbonyl (C=O) groups excluding carboxylic acids is 2. The van der Waals surface area contributed by atoms with E-state index in [9.17, 15) is 22.8 Å². The molecule has 0 aliphatic carbocycles. The Hall–Kier alpha value is -1.64. The lowest BCUT2D eigenvalue weighted by Crippen LogP contribution is -2.40. The molecule has 0 unspecified atom stereocenters. The summed E-state index contributed by atoms with van der Waals surface area (Å²) in [5.74, 6) is -1.44. The van der Waals surface area contributed by atoms with Crippen LogP contribution >= 0.6 is 11.3 Å². The molecule has 9 heteroatoms. The van der Waals surface area contributed by atoms with Crippen LogP contribution < -0.4 is 10.6 Å². The minimum Gasteiger partial charge on any atom is -0.345 e. The van der Waals surface area contributed by atoms with Crippen molar-refractivity contribution < 1.29 is 22.8 Å². The van der Waals surface area contributed by atoms with E-state index in [1.165, 1.54) is 17.5 Å². The van der Waals surface area contributed by atoms with Crippen molar-refractivity contribution in [1.29, 1.82) is 0 Å². The molecule has 5 nitrogen and oxygen atoms in total. The van der Waals surface area contributed by atoms with Crippen molar-refractivity contribution in [2.45, 2.75) is 32.4 Å². The minimum absolute atomic E-state index is 0.201. The second-order valence-corrected chi connectivity index (χ2v) is 6.38. The van der Waals surface area contributed by atoms with E-state index in [0.29, 0.717) is 4.88 Å². The molecule has 1 aromatic rings. The zero-order valence-corrected chi connectivity index (χ0v) is 12.6. The molecule has 0 fully saturated rings. The van der Waals surface area contributed by atoms with Crippen molar-refractivity contribution in [2.24, 2.45) is 0 Å². The summed E-state index contributed by atoms with van der Waals surface area (Å²) >= 11 is 1.18. The average molecular weight is 323 g/mol. The zero-order valence-electron chi connectivity index (χ0n) is 11.8. The molecule has 0 aliphatic rings. The Kier molecular flexibility index (Phi) is 5.32. The van der Waals surface area contributed by atoms with Gasteiger partial charge < -0.3 is 10.6 Å². The summed E-state index contributed by atoms with van der Waals surface area (Å²) in [6.07, 6.45) is -3.09. The number of rotatable bonds is 4. The molecule has 118 valence electrons. The predicted molar refractivity (Wildman–Crippen MR) is 72.2 cm³/mol. The molecule has 2 N–H and O–H groups in total. The third-order valence-electron chi connectivity index (χ3n) is 2.27. The molecule has 0 saturated heterocycles. The van der Waals surface area contributed by atoms with E-state index < -0.39 is 31.1 Å². The fourth-order valence-corrected chi connectivity index (χ4v) is 2.12. The van der Waals surface area contributed by atoms with Crippen molar-refractivity contribution >= 4 is 23.2 Å². The SMILES string of the molecule is CC(C)(C)c1ncc(C(=O)NCC(=O)NCC(F)(F)F)s1. The van der Waals surface area contributed by atoms with Crippen molar-refractivity contribution in [3.8, 4) is 0 Å². The number of thiazole rings is 1. The van der Waals surface area contributed by atoms with E-state index in [1.807, 2.05) is 20.8 Å². The quantitative estimate of drug-likeness (QED) is 0.888. The number of nitrogens with one attached hydrogen (secondary N) is 2. The summed E-state index contributed by atoms with van der Waals surface area (Å²) in [5.41, 5.74) is -0.201. The highest BCUT2D eigenvalue weighted by Gasteiger charge is 2.27. The highest BCUT2D eigenvalue weighted by molar-refractivity contribution is 7.13. The van der Waals surface area contributed by atoms with E-state index >= 15 is 0 Å². The summed E-state index contributed by atoms with van der Waals surface area (Å²) < 4.78 is 35.7. The van der Waals surface area contributed by atoms with Crippen LogP contribution in [0.3, 0.4) is 0 Å². The minimum atomic E-state index is -4.47. The first-order valence-corrected chi connectivity index (χ1v) is 6.88. The Morgan fingerprint density at radius 2 is 1.86 bits per heavy atom. The van der Waals surface area contributed by atoms with Gasteiger partial charge in [0, 0.05) is 5.41 Å². The maximum absolute atomic E-state index is 11.9. The predicted octanol–water partition coefficient (Wildman–Crippen LogP) is 1.85. The fourth-order valence-electron chi connectivity index (χ4n) is 1.23. The topological polar surface area (TPSA) is 71.1 Å². The van der Waals surface area contributed by atoms with E-state index in [1.54, 1.807) is 5.32 Å². The van der Waals surface area contributed by atoms with Crippen LogP contribution in [0.15, 0.2) is 6.20 Å². The highest BCUT2D eigenvalue weighted by Crippen LogP contribution is 2.26. The van der Waals surface area contributed by atoms with E-state index in [-0.39, 0.29) is 5.41 Å². The lowest BCUT2D eigenvalue weighted by molar-refractivity contribution is -0.137. The highest BCUT2D eigenvalue weighted by atomic mass is 32.1. The first-order chi connectivity index (χ1) is 9.49. The summed E-state index contributed by atoms with van der Waals surface area (Å²) in [6.45, 7) is 3.89. The molecule has 1 aromatic heterocycles. The smallest absolute Gasteiger partial charge is 0.345 e. The Morgan fingerprint density at radius 3 is 2.33 bits per heavy atom. The maximum atomic E-state index is 11.9. The van der Waals surface area contributed by atoms with Crippen molar-refractivity contribution in [3.63, 3.8) is 0 Å². The number of amides is 2. The molecule has 0 bridgehead atoms. The number of nitrogens with zero attached hydrogens (tertiary/aromatic N) is 1. The first kappa shape index (κ1) is 17.4. The first-order valence-electron chi connectivity index (χ1n) is 6.07. The van der Waals surface area contributed by atoms with Crippen LogP contribution in [0.2, 0.25) is 0 Å². The molecule has 0 spiro atoms. The number of hydrogen-bond donors (Lipinski definition) is 2. The largest absolute Gasteiger partial charge is 0.405 e. The second-order valence-electron chi connectivity index (χ2n) is 5.35. The standard InChI is InChI=1S/C12H16F3N3O2S/c1-11(2,3)10-17-4-7(21-10)9(20)16-5-8(19)18-6-12(13,14)15/h4H,5-6H2,1-3H3,(H,16,20)(H,18,19). The van der Waals surface area contributed by atoms with E-state index in [4.69, 9.17) is 0 Å². The Balaban J connectivity index is 2.47. The summed E-state index contributed by atoms with van der Waals surface area (Å²) in [4.78, 5) is 27.3. The van der Waals surface area contributed by atoms with Crippen molar-refractivity contribution in [1.82, 2.24) is 15.6 Å². The number of aromatic nitrogens is 1. The van der Waals surface area contributed by atoms with Crippen molar-refractivity contribution in [2.75, 3.05) is 13.1 Å². The van der Waals surface area contributed by atoms with Crippen LogP contribution in [0, 0.1) is 0 Å². The van der Waals surface area contributed by atoms with Gasteiger partial charge in [-0.25, -0.2) is 4.98 Å². The molecule has 0 radical (unpaired) electrons. The average Bonchev–Trinajstić information content (AvgIpc) is 2.81. The Bertz CT molecular complexity index is 521. The van der Waals surface area contributed by atoms with Gasteiger partial charge >= 0.3 is 6.18 Å². The molecule has 0 aliphatic heterocycles. The van der Waals surface area contributed by atoms with Crippen LogP contribution in [0.5, 0.6) is 0 Å². The molecule has 1 heterocycles. The Morgan fingerprint density at radius 1 is 1.24 bits per heavy atom.